The SMILES string of the molecule is C[C@]12CCC(=O)C[C@@H]1CC[C@@H]1[C@@H]2CC[C@]2(C)[C@@H](OCCOCC(=O)O)CC[C@@H]12. The van der Waals surface area contributed by atoms with Gasteiger partial charge in [0.2, 0.25) is 0 Å². The molecular weight excluding hydrogens is 356 g/mol. The van der Waals surface area contributed by atoms with E-state index in [2.05, 4.69) is 13.8 Å². The molecule has 0 bridgehead atoms. The molecule has 0 aromatic rings. The van der Waals surface area contributed by atoms with Crippen LogP contribution in [0.15, 0.2) is 0 Å². The average molecular weight is 393 g/mol. The van der Waals surface area contributed by atoms with Gasteiger partial charge in [-0.3, -0.25) is 4.79 Å². The van der Waals surface area contributed by atoms with Crippen molar-refractivity contribution in [2.45, 2.75) is 77.7 Å². The molecule has 0 spiro atoms. The van der Waals surface area contributed by atoms with Crippen molar-refractivity contribution in [3.63, 3.8) is 0 Å². The number of fused-ring (bicyclic) bond motifs is 5. The molecule has 4 rings (SSSR count). The first-order chi connectivity index (χ1) is 13.3. The van der Waals surface area contributed by atoms with E-state index in [1.54, 1.807) is 0 Å². The van der Waals surface area contributed by atoms with Crippen molar-refractivity contribution in [3.8, 4) is 0 Å². The van der Waals surface area contributed by atoms with Crippen LogP contribution < -0.4 is 0 Å². The number of ketones is 1. The predicted molar refractivity (Wildman–Crippen MR) is 105 cm³/mol. The lowest BCUT2D eigenvalue weighted by Crippen LogP contribution is -2.54. The molecule has 0 saturated heterocycles. The lowest BCUT2D eigenvalue weighted by atomic mass is 9.45. The summed E-state index contributed by atoms with van der Waals surface area (Å²) < 4.78 is 11.4. The molecule has 1 N–H and O–H groups in total. The number of rotatable bonds is 6. The summed E-state index contributed by atoms with van der Waals surface area (Å²) in [6.45, 7) is 5.51. The lowest BCUT2D eigenvalue weighted by molar-refractivity contribution is -0.148. The van der Waals surface area contributed by atoms with Crippen LogP contribution in [0.5, 0.6) is 0 Å². The molecule has 0 heterocycles. The zero-order chi connectivity index (χ0) is 19.9. The monoisotopic (exact) mass is 392 g/mol. The van der Waals surface area contributed by atoms with Crippen LogP contribution in [0.25, 0.3) is 0 Å². The molecule has 7 atom stereocenters. The zero-order valence-corrected chi connectivity index (χ0v) is 17.5. The smallest absolute Gasteiger partial charge is 0.329 e. The Bertz CT molecular complexity index is 618. The number of carbonyl (C=O) groups is 2. The van der Waals surface area contributed by atoms with E-state index < -0.39 is 5.97 Å². The minimum atomic E-state index is -0.931. The van der Waals surface area contributed by atoms with Crippen molar-refractivity contribution in [2.24, 2.45) is 34.5 Å². The molecule has 28 heavy (non-hydrogen) atoms. The maximum atomic E-state index is 12.0. The molecule has 0 unspecified atom stereocenters. The van der Waals surface area contributed by atoms with Gasteiger partial charge in [0.05, 0.1) is 19.3 Å². The number of Topliss-reactive ketones (excluding diaryl/α,β-unsaturated/α-hetero) is 1. The van der Waals surface area contributed by atoms with Crippen LogP contribution in [0.1, 0.15) is 71.6 Å². The average Bonchev–Trinajstić information content (AvgIpc) is 2.98. The number of carboxylic acids is 1. The Morgan fingerprint density at radius 1 is 1.04 bits per heavy atom. The first-order valence-electron chi connectivity index (χ1n) is 11.3. The van der Waals surface area contributed by atoms with E-state index in [0.29, 0.717) is 30.3 Å². The molecule has 0 aromatic heterocycles. The van der Waals surface area contributed by atoms with Gasteiger partial charge in [0, 0.05) is 12.8 Å². The molecule has 4 aliphatic carbocycles. The Morgan fingerprint density at radius 3 is 2.61 bits per heavy atom. The highest BCUT2D eigenvalue weighted by Crippen LogP contribution is 2.66. The highest BCUT2D eigenvalue weighted by atomic mass is 16.5. The lowest BCUT2D eigenvalue weighted by Gasteiger charge is -2.60. The van der Waals surface area contributed by atoms with Crippen molar-refractivity contribution < 1.29 is 24.2 Å². The number of ether oxygens (including phenoxy) is 2. The number of carboxylic acid groups (broad SMARTS) is 1. The minimum absolute atomic E-state index is 0.238. The van der Waals surface area contributed by atoms with E-state index in [9.17, 15) is 9.59 Å². The summed E-state index contributed by atoms with van der Waals surface area (Å²) in [5, 5.41) is 8.66. The third-order valence-electron chi connectivity index (χ3n) is 9.17. The first kappa shape index (κ1) is 20.3. The molecule has 4 fully saturated rings. The van der Waals surface area contributed by atoms with Crippen LogP contribution in [0.3, 0.4) is 0 Å². The van der Waals surface area contributed by atoms with Crippen molar-refractivity contribution >= 4 is 11.8 Å². The van der Waals surface area contributed by atoms with E-state index in [1.165, 1.54) is 32.1 Å². The Morgan fingerprint density at radius 2 is 1.82 bits per heavy atom. The highest BCUT2D eigenvalue weighted by molar-refractivity contribution is 5.79. The molecule has 4 saturated carbocycles. The topological polar surface area (TPSA) is 72.8 Å². The van der Waals surface area contributed by atoms with Crippen LogP contribution in [0.4, 0.5) is 0 Å². The first-order valence-corrected chi connectivity index (χ1v) is 11.3. The molecule has 0 aromatic carbocycles. The van der Waals surface area contributed by atoms with Crippen molar-refractivity contribution in [2.75, 3.05) is 19.8 Å². The zero-order valence-electron chi connectivity index (χ0n) is 17.5. The van der Waals surface area contributed by atoms with E-state index in [0.717, 1.165) is 43.4 Å². The Labute approximate surface area is 168 Å². The van der Waals surface area contributed by atoms with E-state index in [4.69, 9.17) is 14.6 Å². The second-order valence-corrected chi connectivity index (χ2v) is 10.3. The summed E-state index contributed by atoms with van der Waals surface area (Å²) >= 11 is 0. The fraction of sp³-hybridized carbons (Fsp3) is 0.913. The van der Waals surface area contributed by atoms with Gasteiger partial charge >= 0.3 is 5.97 Å². The molecule has 5 nitrogen and oxygen atoms in total. The van der Waals surface area contributed by atoms with Crippen LogP contribution >= 0.6 is 0 Å². The number of hydrogen-bond donors (Lipinski definition) is 1. The predicted octanol–water partition coefficient (Wildman–Crippen LogP) is 4.08. The third-order valence-corrected chi connectivity index (χ3v) is 9.17. The third kappa shape index (κ3) is 3.43. The number of hydrogen-bond acceptors (Lipinski definition) is 4. The minimum Gasteiger partial charge on any atom is -0.480 e. The van der Waals surface area contributed by atoms with Crippen molar-refractivity contribution in [3.05, 3.63) is 0 Å². The van der Waals surface area contributed by atoms with Crippen LogP contribution in [0.2, 0.25) is 0 Å². The Kier molecular flexibility index (Phi) is 5.60. The maximum absolute atomic E-state index is 12.0. The second kappa shape index (κ2) is 7.71. The van der Waals surface area contributed by atoms with E-state index >= 15 is 0 Å². The van der Waals surface area contributed by atoms with Crippen LogP contribution in [0, 0.1) is 34.5 Å². The van der Waals surface area contributed by atoms with Gasteiger partial charge in [-0.1, -0.05) is 13.8 Å². The van der Waals surface area contributed by atoms with E-state index in [-0.39, 0.29) is 18.1 Å². The standard InChI is InChI=1S/C23H36O5/c1-22-9-7-16(24)13-15(22)3-4-17-18-5-6-20(23(18,2)10-8-19(17)22)28-12-11-27-14-21(25)26/h15,17-20H,3-14H2,1-2H3,(H,25,26)/t15-,17-,18-,19-,20-,22-,23-/m0/s1. The largest absolute Gasteiger partial charge is 0.480 e. The Balaban J connectivity index is 1.39. The summed E-state index contributed by atoms with van der Waals surface area (Å²) in [6.07, 6.45) is 10.3. The fourth-order valence-electron chi connectivity index (χ4n) is 7.68. The van der Waals surface area contributed by atoms with Gasteiger partial charge in [0.1, 0.15) is 12.4 Å². The quantitative estimate of drug-likeness (QED) is 0.690. The molecular formula is C23H36O5. The van der Waals surface area contributed by atoms with Gasteiger partial charge in [0.15, 0.2) is 0 Å². The molecule has 4 aliphatic rings. The normalized spacial score (nSPS) is 45.2. The fourth-order valence-corrected chi connectivity index (χ4v) is 7.68. The highest BCUT2D eigenvalue weighted by Gasteiger charge is 2.60. The second-order valence-electron chi connectivity index (χ2n) is 10.3. The summed E-state index contributed by atoms with van der Waals surface area (Å²) in [7, 11) is 0. The van der Waals surface area contributed by atoms with Crippen LogP contribution in [-0.2, 0) is 19.1 Å². The summed E-state index contributed by atoms with van der Waals surface area (Å²) in [5.74, 6) is 2.45. The van der Waals surface area contributed by atoms with Gasteiger partial charge < -0.3 is 14.6 Å². The molecule has 158 valence electrons. The summed E-state index contributed by atoms with van der Waals surface area (Å²) in [6, 6.07) is 0. The van der Waals surface area contributed by atoms with Gasteiger partial charge in [-0.15, -0.1) is 0 Å². The number of aliphatic carboxylic acids is 1. The number of carbonyl (C=O) groups excluding carboxylic acids is 1. The van der Waals surface area contributed by atoms with E-state index in [1.807, 2.05) is 0 Å². The van der Waals surface area contributed by atoms with Gasteiger partial charge in [-0.25, -0.2) is 4.79 Å². The Hall–Kier alpha value is -0.940. The summed E-state index contributed by atoms with van der Waals surface area (Å²) in [4.78, 5) is 22.6. The molecule has 5 heteroatoms. The molecule has 0 amide bonds. The maximum Gasteiger partial charge on any atom is 0.329 e. The van der Waals surface area contributed by atoms with Gasteiger partial charge in [-0.05, 0) is 79.4 Å². The van der Waals surface area contributed by atoms with Gasteiger partial charge in [0.25, 0.3) is 0 Å². The molecule has 0 radical (unpaired) electrons. The summed E-state index contributed by atoms with van der Waals surface area (Å²) in [5.41, 5.74) is 0.601. The molecule has 0 aliphatic heterocycles. The van der Waals surface area contributed by atoms with Crippen LogP contribution in [-0.4, -0.2) is 42.8 Å². The van der Waals surface area contributed by atoms with Crippen molar-refractivity contribution in [1.29, 1.82) is 0 Å². The van der Waals surface area contributed by atoms with Gasteiger partial charge in [-0.2, -0.15) is 0 Å². The van der Waals surface area contributed by atoms with Crippen molar-refractivity contribution in [1.82, 2.24) is 0 Å².